The van der Waals surface area contributed by atoms with Crippen LogP contribution in [0, 0.1) is 16.0 Å². The molecule has 0 heterocycles. The number of nitro benzene ring substituents is 1. The van der Waals surface area contributed by atoms with E-state index in [1.165, 1.54) is 18.4 Å². The van der Waals surface area contributed by atoms with Gasteiger partial charge in [0, 0.05) is 24.7 Å². The molecule has 4 nitrogen and oxygen atoms in total. The van der Waals surface area contributed by atoms with E-state index in [9.17, 15) is 10.1 Å². The zero-order valence-electron chi connectivity index (χ0n) is 11.4. The quantitative estimate of drug-likeness (QED) is 0.630. The third kappa shape index (κ3) is 4.17. The van der Waals surface area contributed by atoms with E-state index in [1.54, 1.807) is 24.3 Å². The average molecular weight is 260 g/mol. The van der Waals surface area contributed by atoms with Crippen molar-refractivity contribution >= 4 is 11.8 Å². The van der Waals surface area contributed by atoms with Crippen LogP contribution < -0.4 is 5.32 Å². The summed E-state index contributed by atoms with van der Waals surface area (Å²) in [4.78, 5) is 10.2. The van der Waals surface area contributed by atoms with Crippen molar-refractivity contribution in [1.82, 2.24) is 5.32 Å². The number of nitro groups is 1. The van der Waals surface area contributed by atoms with Crippen LogP contribution in [0.15, 0.2) is 29.8 Å². The molecule has 0 spiro atoms. The van der Waals surface area contributed by atoms with Gasteiger partial charge >= 0.3 is 0 Å². The van der Waals surface area contributed by atoms with E-state index in [2.05, 4.69) is 25.2 Å². The fourth-order valence-electron chi connectivity index (χ4n) is 1.88. The van der Waals surface area contributed by atoms with Crippen LogP contribution in [0.1, 0.15) is 32.3 Å². The molecule has 1 aliphatic rings. The molecule has 1 fully saturated rings. The minimum absolute atomic E-state index is 0.138. The van der Waals surface area contributed by atoms with Gasteiger partial charge in [0.15, 0.2) is 0 Å². The highest BCUT2D eigenvalue weighted by Crippen LogP contribution is 2.21. The maximum absolute atomic E-state index is 10.6. The highest BCUT2D eigenvalue weighted by atomic mass is 16.6. The number of nitrogens with one attached hydrogen (secondary N) is 1. The van der Waals surface area contributed by atoms with Crippen molar-refractivity contribution in [1.29, 1.82) is 0 Å². The first-order chi connectivity index (χ1) is 9.06. The molecule has 19 heavy (non-hydrogen) atoms. The van der Waals surface area contributed by atoms with Crippen molar-refractivity contribution < 1.29 is 4.92 Å². The lowest BCUT2D eigenvalue weighted by molar-refractivity contribution is -0.384. The lowest BCUT2D eigenvalue weighted by Crippen LogP contribution is -2.21. The normalized spacial score (nSPS) is 15.8. The molecular formula is C15H20N2O2. The van der Waals surface area contributed by atoms with E-state index in [0.717, 1.165) is 12.1 Å². The zero-order chi connectivity index (χ0) is 13.8. The fourth-order valence-corrected chi connectivity index (χ4v) is 1.88. The van der Waals surface area contributed by atoms with Gasteiger partial charge in [0.2, 0.25) is 0 Å². The van der Waals surface area contributed by atoms with E-state index in [1.807, 2.05) is 0 Å². The van der Waals surface area contributed by atoms with E-state index in [-0.39, 0.29) is 10.6 Å². The summed E-state index contributed by atoms with van der Waals surface area (Å²) in [7, 11) is 0. The van der Waals surface area contributed by atoms with Crippen molar-refractivity contribution in [3.05, 3.63) is 45.5 Å². The summed E-state index contributed by atoms with van der Waals surface area (Å²) in [5.74, 6) is 0.474. The molecule has 102 valence electrons. The summed E-state index contributed by atoms with van der Waals surface area (Å²) in [5.41, 5.74) is 2.49. The Hall–Kier alpha value is -1.68. The molecule has 0 amide bonds. The zero-order valence-corrected chi connectivity index (χ0v) is 11.4. The third-order valence-electron chi connectivity index (χ3n) is 3.37. The average Bonchev–Trinajstić information content (AvgIpc) is 3.18. The van der Waals surface area contributed by atoms with Crippen molar-refractivity contribution in [2.45, 2.75) is 32.7 Å². The number of benzene rings is 1. The second-order valence-corrected chi connectivity index (χ2v) is 5.38. The molecule has 1 N–H and O–H groups in total. The fraction of sp³-hybridized carbons (Fsp3) is 0.467. The second-order valence-electron chi connectivity index (χ2n) is 5.38. The molecule has 0 bridgehead atoms. The molecule has 1 aromatic carbocycles. The molecule has 1 aromatic rings. The minimum Gasteiger partial charge on any atom is -0.310 e. The topological polar surface area (TPSA) is 55.2 Å². The molecular weight excluding hydrogens is 240 g/mol. The Labute approximate surface area is 113 Å². The summed E-state index contributed by atoms with van der Waals surface area (Å²) in [6.45, 7) is 5.25. The Morgan fingerprint density at radius 2 is 2.05 bits per heavy atom. The van der Waals surface area contributed by atoms with Crippen LogP contribution in [0.3, 0.4) is 0 Å². The summed E-state index contributed by atoms with van der Waals surface area (Å²) < 4.78 is 0. The van der Waals surface area contributed by atoms with Crippen molar-refractivity contribution in [2.24, 2.45) is 5.92 Å². The van der Waals surface area contributed by atoms with E-state index in [0.29, 0.717) is 12.0 Å². The van der Waals surface area contributed by atoms with Crippen molar-refractivity contribution in [3.8, 4) is 0 Å². The van der Waals surface area contributed by atoms with Crippen LogP contribution in [0.2, 0.25) is 0 Å². The van der Waals surface area contributed by atoms with Crippen LogP contribution in [-0.4, -0.2) is 17.5 Å². The van der Waals surface area contributed by atoms with Crippen LogP contribution in [0.25, 0.3) is 6.08 Å². The van der Waals surface area contributed by atoms with Crippen LogP contribution in [0.5, 0.6) is 0 Å². The minimum atomic E-state index is -0.370. The van der Waals surface area contributed by atoms with Gasteiger partial charge in [-0.15, -0.1) is 0 Å². The van der Waals surface area contributed by atoms with Gasteiger partial charge in [0.25, 0.3) is 5.69 Å². The van der Waals surface area contributed by atoms with Gasteiger partial charge in [-0.3, -0.25) is 10.1 Å². The van der Waals surface area contributed by atoms with Gasteiger partial charge in [-0.2, -0.15) is 0 Å². The summed E-state index contributed by atoms with van der Waals surface area (Å²) in [5, 5.41) is 14.1. The Balaban J connectivity index is 2.07. The highest BCUT2D eigenvalue weighted by Gasteiger charge is 2.20. The monoisotopic (exact) mass is 260 g/mol. The first-order valence-corrected chi connectivity index (χ1v) is 6.74. The number of rotatable bonds is 6. The van der Waals surface area contributed by atoms with Crippen LogP contribution >= 0.6 is 0 Å². The molecule has 2 rings (SSSR count). The van der Waals surface area contributed by atoms with Crippen LogP contribution in [0.4, 0.5) is 5.69 Å². The maximum atomic E-state index is 10.6. The van der Waals surface area contributed by atoms with E-state index in [4.69, 9.17) is 0 Å². The first-order valence-electron chi connectivity index (χ1n) is 6.74. The number of nitrogens with zero attached hydrogens (tertiary/aromatic N) is 1. The molecule has 1 saturated carbocycles. The molecule has 0 radical (unpaired) electrons. The van der Waals surface area contributed by atoms with Gasteiger partial charge in [-0.05, 0) is 36.5 Å². The smallest absolute Gasteiger partial charge is 0.269 e. The molecule has 0 atom stereocenters. The Morgan fingerprint density at radius 1 is 1.42 bits per heavy atom. The van der Waals surface area contributed by atoms with Crippen molar-refractivity contribution in [2.75, 3.05) is 6.54 Å². The lowest BCUT2D eigenvalue weighted by Gasteiger charge is -2.12. The summed E-state index contributed by atoms with van der Waals surface area (Å²) >= 11 is 0. The molecule has 0 unspecified atom stereocenters. The largest absolute Gasteiger partial charge is 0.310 e. The van der Waals surface area contributed by atoms with Crippen molar-refractivity contribution in [3.63, 3.8) is 0 Å². The molecule has 4 heteroatoms. The van der Waals surface area contributed by atoms with Gasteiger partial charge < -0.3 is 5.32 Å². The molecule has 0 saturated heterocycles. The summed E-state index contributed by atoms with van der Waals surface area (Å²) in [6.07, 6.45) is 4.69. The van der Waals surface area contributed by atoms with Crippen LogP contribution in [-0.2, 0) is 0 Å². The Kier molecular flexibility index (Phi) is 4.32. The maximum Gasteiger partial charge on any atom is 0.269 e. The standard InChI is InChI=1S/C15H20N2O2/c1-11(2)13(10-16-14-5-6-14)9-12-3-7-15(8-4-12)17(18)19/h3-4,7-9,11,14,16H,5-6,10H2,1-2H3. The first kappa shape index (κ1) is 13.7. The lowest BCUT2D eigenvalue weighted by atomic mass is 10.00. The third-order valence-corrected chi connectivity index (χ3v) is 3.37. The number of hydrogen-bond donors (Lipinski definition) is 1. The number of non-ortho nitro benzene ring substituents is 1. The molecule has 0 aromatic heterocycles. The van der Waals surface area contributed by atoms with Gasteiger partial charge in [-0.1, -0.05) is 25.5 Å². The van der Waals surface area contributed by atoms with Gasteiger partial charge in [0.05, 0.1) is 4.92 Å². The molecule has 0 aliphatic heterocycles. The SMILES string of the molecule is CC(C)C(=Cc1ccc([N+](=O)[O-])cc1)CNC1CC1. The number of hydrogen-bond acceptors (Lipinski definition) is 3. The Morgan fingerprint density at radius 3 is 2.53 bits per heavy atom. The molecule has 1 aliphatic carbocycles. The predicted octanol–water partition coefficient (Wildman–Crippen LogP) is 3.39. The van der Waals surface area contributed by atoms with Gasteiger partial charge in [-0.25, -0.2) is 0 Å². The Bertz CT molecular complexity index is 473. The predicted molar refractivity (Wildman–Crippen MR) is 76.9 cm³/mol. The van der Waals surface area contributed by atoms with E-state index >= 15 is 0 Å². The van der Waals surface area contributed by atoms with E-state index < -0.39 is 0 Å². The second kappa shape index (κ2) is 5.97. The highest BCUT2D eigenvalue weighted by molar-refractivity contribution is 5.55. The van der Waals surface area contributed by atoms with Gasteiger partial charge in [0.1, 0.15) is 0 Å². The summed E-state index contributed by atoms with van der Waals surface area (Å²) in [6, 6.07) is 7.41.